The molecule has 3 heterocycles. The molecule has 0 fully saturated rings. The highest BCUT2D eigenvalue weighted by molar-refractivity contribution is 8.27. The number of carbonyl (C=O) groups is 1. The minimum Gasteiger partial charge on any atom is -0.491 e. The summed E-state index contributed by atoms with van der Waals surface area (Å²) in [5.74, 6) is 1.14. The van der Waals surface area contributed by atoms with Crippen molar-refractivity contribution in [1.82, 2.24) is 9.58 Å². The quantitative estimate of drug-likeness (QED) is 0.369. The average Bonchev–Trinajstić information content (AvgIpc) is 3.44. The van der Waals surface area contributed by atoms with E-state index < -0.39 is 5.91 Å². The van der Waals surface area contributed by atoms with Crippen molar-refractivity contribution in [2.75, 3.05) is 6.61 Å². The van der Waals surface area contributed by atoms with Gasteiger partial charge in [0.05, 0.1) is 12.1 Å². The normalized spacial score (nSPS) is 16.7. The lowest BCUT2D eigenvalue weighted by Gasteiger charge is -2.20. The Bertz CT molecular complexity index is 1500. The van der Waals surface area contributed by atoms with Crippen molar-refractivity contribution in [1.29, 1.82) is 5.41 Å². The zero-order valence-corrected chi connectivity index (χ0v) is 22.6. The van der Waals surface area contributed by atoms with Gasteiger partial charge in [-0.2, -0.15) is 15.1 Å². The molecule has 5 rings (SSSR count). The second kappa shape index (κ2) is 10.0. The maximum absolute atomic E-state index is 12.9. The highest BCUT2D eigenvalue weighted by Gasteiger charge is 2.36. The van der Waals surface area contributed by atoms with E-state index in [0.29, 0.717) is 24.2 Å². The fourth-order valence-electron chi connectivity index (χ4n) is 4.47. The Hall–Kier alpha value is -3.65. The number of aryl methyl sites for hydroxylation is 1. The predicted molar refractivity (Wildman–Crippen MR) is 153 cm³/mol. The Balaban J connectivity index is 1.42. The molecule has 2 aliphatic rings. The lowest BCUT2D eigenvalue weighted by Crippen LogP contribution is -2.35. The molecular weight excluding hydrogens is 482 g/mol. The lowest BCUT2D eigenvalue weighted by atomic mass is 10.0. The SMILES string of the molecule is Cc1ccc(C(C)C)c(OCCn2cc(/C=C3\C(=N)N4N=C(C(C)C)SC4=NC3=O)c3ccccc32)c1. The smallest absolute Gasteiger partial charge is 0.283 e. The third-order valence-electron chi connectivity index (χ3n) is 6.46. The standard InChI is InChI=1S/C29H31N5O2S/c1-17(2)21-11-10-19(5)14-25(21)36-13-12-33-16-20(22-8-6-7-9-24(22)33)15-23-26(30)34-29(31-27(23)35)37-28(32-34)18(3)4/h6-11,14-18,30H,12-13H2,1-5H3/b23-15+,30-26?. The Labute approximate surface area is 221 Å². The van der Waals surface area contributed by atoms with Gasteiger partial charge in [0.15, 0.2) is 5.84 Å². The highest BCUT2D eigenvalue weighted by atomic mass is 32.2. The van der Waals surface area contributed by atoms with Crippen LogP contribution in [0.1, 0.15) is 50.3 Å². The summed E-state index contributed by atoms with van der Waals surface area (Å²) in [6, 6.07) is 14.4. The zero-order valence-electron chi connectivity index (χ0n) is 21.8. The number of fused-ring (bicyclic) bond motifs is 2. The minimum atomic E-state index is -0.412. The van der Waals surface area contributed by atoms with Crippen LogP contribution < -0.4 is 4.74 Å². The fourth-order valence-corrected chi connectivity index (χ4v) is 5.36. The molecular formula is C29H31N5O2S. The third-order valence-corrected chi connectivity index (χ3v) is 7.67. The van der Waals surface area contributed by atoms with Crippen LogP contribution in [0.2, 0.25) is 0 Å². The Kier molecular flexibility index (Phi) is 6.77. The van der Waals surface area contributed by atoms with Crippen LogP contribution in [0.5, 0.6) is 5.75 Å². The van der Waals surface area contributed by atoms with Crippen LogP contribution in [0.15, 0.2) is 64.3 Å². The Morgan fingerprint density at radius 3 is 2.65 bits per heavy atom. The monoisotopic (exact) mass is 513 g/mol. The summed E-state index contributed by atoms with van der Waals surface area (Å²) < 4.78 is 8.37. The van der Waals surface area contributed by atoms with Crippen molar-refractivity contribution in [3.63, 3.8) is 0 Å². The van der Waals surface area contributed by atoms with Crippen LogP contribution in [0, 0.1) is 18.3 Å². The van der Waals surface area contributed by atoms with Gasteiger partial charge in [0.2, 0.25) is 5.17 Å². The first-order valence-corrected chi connectivity index (χ1v) is 13.4. The Morgan fingerprint density at radius 1 is 1.11 bits per heavy atom. The van der Waals surface area contributed by atoms with E-state index >= 15 is 0 Å². The first-order chi connectivity index (χ1) is 17.7. The summed E-state index contributed by atoms with van der Waals surface area (Å²) in [5, 5.41) is 17.0. The summed E-state index contributed by atoms with van der Waals surface area (Å²) in [6.07, 6.45) is 3.78. The summed E-state index contributed by atoms with van der Waals surface area (Å²) in [5.41, 5.74) is 4.51. The van der Waals surface area contributed by atoms with E-state index in [0.717, 1.165) is 27.3 Å². The van der Waals surface area contributed by atoms with E-state index in [1.165, 1.54) is 27.9 Å². The molecule has 1 N–H and O–H groups in total. The number of thioether (sulfide) groups is 1. The van der Waals surface area contributed by atoms with Crippen molar-refractivity contribution in [2.45, 2.75) is 47.1 Å². The number of nitrogens with zero attached hydrogens (tertiary/aromatic N) is 4. The van der Waals surface area contributed by atoms with Gasteiger partial charge in [-0.3, -0.25) is 10.2 Å². The number of amidine groups is 2. The topological polar surface area (TPSA) is 83.0 Å². The molecule has 0 bridgehead atoms. The van der Waals surface area contributed by atoms with Crippen LogP contribution in [0.4, 0.5) is 0 Å². The molecule has 0 spiro atoms. The number of nitrogens with one attached hydrogen (secondary N) is 1. The fraction of sp³-hybridized carbons (Fsp3) is 0.310. The second-order valence-electron chi connectivity index (χ2n) is 9.95. The molecule has 1 amide bonds. The molecule has 0 aliphatic carbocycles. The number of hydrogen-bond donors (Lipinski definition) is 1. The van der Waals surface area contributed by atoms with Crippen molar-refractivity contribution in [3.8, 4) is 5.75 Å². The van der Waals surface area contributed by atoms with E-state index in [1.807, 2.05) is 38.2 Å². The van der Waals surface area contributed by atoms with Crippen LogP contribution in [0.25, 0.3) is 17.0 Å². The molecule has 2 aliphatic heterocycles. The van der Waals surface area contributed by atoms with Crippen molar-refractivity contribution in [3.05, 3.63) is 70.9 Å². The van der Waals surface area contributed by atoms with Gasteiger partial charge in [-0.1, -0.05) is 58.0 Å². The number of benzene rings is 2. The van der Waals surface area contributed by atoms with Crippen LogP contribution in [-0.2, 0) is 11.3 Å². The van der Waals surface area contributed by atoms with Crippen molar-refractivity contribution < 1.29 is 9.53 Å². The molecule has 7 nitrogen and oxygen atoms in total. The summed E-state index contributed by atoms with van der Waals surface area (Å²) >= 11 is 1.35. The first kappa shape index (κ1) is 25.0. The molecule has 190 valence electrons. The van der Waals surface area contributed by atoms with Gasteiger partial charge in [0.1, 0.15) is 17.4 Å². The molecule has 0 unspecified atom stereocenters. The summed E-state index contributed by atoms with van der Waals surface area (Å²) in [7, 11) is 0. The molecule has 2 aromatic carbocycles. The van der Waals surface area contributed by atoms with Gasteiger partial charge >= 0.3 is 0 Å². The van der Waals surface area contributed by atoms with E-state index in [1.54, 1.807) is 6.08 Å². The highest BCUT2D eigenvalue weighted by Crippen LogP contribution is 2.32. The van der Waals surface area contributed by atoms with Gasteiger partial charge in [-0.25, -0.2) is 0 Å². The molecule has 0 radical (unpaired) electrons. The summed E-state index contributed by atoms with van der Waals surface area (Å²) in [4.78, 5) is 17.1. The number of ether oxygens (including phenoxy) is 1. The van der Waals surface area contributed by atoms with Crippen LogP contribution >= 0.6 is 11.8 Å². The lowest BCUT2D eigenvalue weighted by molar-refractivity contribution is -0.114. The predicted octanol–water partition coefficient (Wildman–Crippen LogP) is 6.43. The summed E-state index contributed by atoms with van der Waals surface area (Å²) in [6.45, 7) is 11.6. The third kappa shape index (κ3) is 4.85. The number of aromatic nitrogens is 1. The number of hydrazone groups is 1. The molecule has 37 heavy (non-hydrogen) atoms. The molecule has 8 heteroatoms. The zero-order chi connectivity index (χ0) is 26.3. The van der Waals surface area contributed by atoms with E-state index in [9.17, 15) is 4.79 Å². The number of hydrogen-bond acceptors (Lipinski definition) is 5. The number of amides is 1. The molecule has 0 atom stereocenters. The van der Waals surface area contributed by atoms with Crippen LogP contribution in [-0.4, -0.2) is 38.1 Å². The molecule has 0 saturated carbocycles. The molecule has 0 saturated heterocycles. The average molecular weight is 514 g/mol. The van der Waals surface area contributed by atoms with E-state index in [-0.39, 0.29) is 17.3 Å². The molecule has 3 aromatic rings. The number of aliphatic imine (C=N–C) groups is 1. The van der Waals surface area contributed by atoms with Gasteiger partial charge in [-0.15, -0.1) is 0 Å². The van der Waals surface area contributed by atoms with E-state index in [4.69, 9.17) is 10.1 Å². The van der Waals surface area contributed by atoms with Gasteiger partial charge < -0.3 is 9.30 Å². The van der Waals surface area contributed by atoms with Crippen molar-refractivity contribution in [2.24, 2.45) is 16.0 Å². The molecule has 1 aromatic heterocycles. The van der Waals surface area contributed by atoms with Crippen molar-refractivity contribution >= 4 is 50.7 Å². The largest absolute Gasteiger partial charge is 0.491 e. The second-order valence-corrected chi connectivity index (χ2v) is 10.9. The van der Waals surface area contributed by atoms with E-state index in [2.05, 4.69) is 59.7 Å². The first-order valence-electron chi connectivity index (χ1n) is 12.5. The number of para-hydroxylation sites is 1. The van der Waals surface area contributed by atoms with Crippen LogP contribution in [0.3, 0.4) is 0 Å². The van der Waals surface area contributed by atoms with Gasteiger partial charge in [0.25, 0.3) is 5.91 Å². The van der Waals surface area contributed by atoms with Gasteiger partial charge in [-0.05, 0) is 53.9 Å². The van der Waals surface area contributed by atoms with Gasteiger partial charge in [0, 0.05) is 28.6 Å². The minimum absolute atomic E-state index is 0.0546. The number of carbonyl (C=O) groups excluding carboxylic acids is 1. The maximum atomic E-state index is 12.9. The Morgan fingerprint density at radius 2 is 1.89 bits per heavy atom. The maximum Gasteiger partial charge on any atom is 0.283 e. The number of rotatable bonds is 7.